The van der Waals surface area contributed by atoms with Gasteiger partial charge in [0.2, 0.25) is 0 Å². The van der Waals surface area contributed by atoms with Gasteiger partial charge in [0.25, 0.3) is 0 Å². The zero-order chi connectivity index (χ0) is 14.4. The Hall–Kier alpha value is -1.87. The molecule has 2 aromatic rings. The van der Waals surface area contributed by atoms with Gasteiger partial charge in [0.1, 0.15) is 5.82 Å². The van der Waals surface area contributed by atoms with Gasteiger partial charge in [-0.1, -0.05) is 31.7 Å². The average molecular weight is 273 g/mol. The zero-order valence-corrected chi connectivity index (χ0v) is 11.8. The van der Waals surface area contributed by atoms with Gasteiger partial charge in [-0.25, -0.2) is 4.39 Å². The van der Waals surface area contributed by atoms with Crippen LogP contribution in [0.5, 0.6) is 0 Å². The quantitative estimate of drug-likeness (QED) is 0.520. The first-order chi connectivity index (χ1) is 9.77. The second-order valence-corrected chi connectivity index (χ2v) is 4.56. The summed E-state index contributed by atoms with van der Waals surface area (Å²) in [5.74, 6) is -0.213. The third-order valence-corrected chi connectivity index (χ3v) is 3.16. The molecule has 1 aromatic carbocycles. The molecule has 1 aromatic heterocycles. The third-order valence-electron chi connectivity index (χ3n) is 3.16. The molecule has 0 unspecified atom stereocenters. The molecule has 106 valence electrons. The number of hydrogen-bond donors (Lipinski definition) is 0. The first-order valence-corrected chi connectivity index (χ1v) is 6.92. The number of allylic oxidation sites excluding steroid dienone is 1. The fourth-order valence-corrected chi connectivity index (χ4v) is 2.18. The lowest BCUT2D eigenvalue weighted by atomic mass is 10.2. The number of hydrogen-bond acceptors (Lipinski definition) is 1. The SMILES string of the molecule is C=C[C@H](OCC/C=C\CC)n1ccc2c(F)cccc21. The van der Waals surface area contributed by atoms with Crippen LogP contribution in [0.4, 0.5) is 4.39 Å². The number of fused-ring (bicyclic) bond motifs is 1. The molecule has 0 bridgehead atoms. The number of aromatic nitrogens is 1. The van der Waals surface area contributed by atoms with Gasteiger partial charge in [-0.2, -0.15) is 0 Å². The van der Waals surface area contributed by atoms with E-state index in [1.807, 2.05) is 16.8 Å². The molecule has 1 heterocycles. The van der Waals surface area contributed by atoms with Crippen LogP contribution in [-0.2, 0) is 4.74 Å². The van der Waals surface area contributed by atoms with E-state index in [0.717, 1.165) is 18.4 Å². The molecule has 0 amide bonds. The van der Waals surface area contributed by atoms with E-state index < -0.39 is 0 Å². The molecule has 0 saturated carbocycles. The second-order valence-electron chi connectivity index (χ2n) is 4.56. The lowest BCUT2D eigenvalue weighted by Gasteiger charge is -2.16. The fraction of sp³-hybridized carbons (Fsp3) is 0.294. The van der Waals surface area contributed by atoms with E-state index in [4.69, 9.17) is 4.74 Å². The Kier molecular flexibility index (Phi) is 5.13. The highest BCUT2D eigenvalue weighted by Crippen LogP contribution is 2.23. The molecule has 3 heteroatoms. The Bertz CT molecular complexity index is 600. The lowest BCUT2D eigenvalue weighted by Crippen LogP contribution is -2.10. The van der Waals surface area contributed by atoms with Gasteiger partial charge in [0.05, 0.1) is 12.1 Å². The first-order valence-electron chi connectivity index (χ1n) is 6.92. The Morgan fingerprint density at radius 2 is 2.20 bits per heavy atom. The topological polar surface area (TPSA) is 14.2 Å². The largest absolute Gasteiger partial charge is 0.354 e. The van der Waals surface area contributed by atoms with Crippen molar-refractivity contribution in [3.05, 3.63) is 61.1 Å². The molecular formula is C17H20FNO. The van der Waals surface area contributed by atoms with Crippen molar-refractivity contribution in [3.63, 3.8) is 0 Å². The van der Waals surface area contributed by atoms with Crippen LogP contribution in [0.2, 0.25) is 0 Å². The highest BCUT2D eigenvalue weighted by Gasteiger charge is 2.11. The number of rotatable bonds is 7. The summed E-state index contributed by atoms with van der Waals surface area (Å²) in [6.07, 6.45) is 9.42. The molecule has 0 fully saturated rings. The Balaban J connectivity index is 2.12. The standard InChI is InChI=1S/C17H20FNO/c1-3-5-6-7-13-20-17(4-2)19-12-11-14-15(18)9-8-10-16(14)19/h4-6,8-12,17H,2-3,7,13H2,1H3/b6-5-/t17-/m0/s1. The predicted octanol–water partition coefficient (Wildman–Crippen LogP) is 4.84. The molecule has 0 aliphatic carbocycles. The predicted molar refractivity (Wildman–Crippen MR) is 81.1 cm³/mol. The van der Waals surface area contributed by atoms with E-state index in [0.29, 0.717) is 12.0 Å². The van der Waals surface area contributed by atoms with Gasteiger partial charge < -0.3 is 9.30 Å². The molecule has 0 radical (unpaired) electrons. The Morgan fingerprint density at radius 1 is 1.35 bits per heavy atom. The fourth-order valence-electron chi connectivity index (χ4n) is 2.18. The van der Waals surface area contributed by atoms with Gasteiger partial charge in [0.15, 0.2) is 6.23 Å². The molecule has 1 atom stereocenters. The highest BCUT2D eigenvalue weighted by molar-refractivity contribution is 5.80. The van der Waals surface area contributed by atoms with Gasteiger partial charge >= 0.3 is 0 Å². The van der Waals surface area contributed by atoms with Crippen molar-refractivity contribution in [3.8, 4) is 0 Å². The summed E-state index contributed by atoms with van der Waals surface area (Å²) in [6, 6.07) is 6.82. The lowest BCUT2D eigenvalue weighted by molar-refractivity contribution is 0.0439. The van der Waals surface area contributed by atoms with Crippen LogP contribution in [-0.4, -0.2) is 11.2 Å². The minimum absolute atomic E-state index is 0.213. The number of halogens is 1. The minimum Gasteiger partial charge on any atom is -0.354 e. The molecule has 0 aliphatic rings. The number of ether oxygens (including phenoxy) is 1. The van der Waals surface area contributed by atoms with Crippen molar-refractivity contribution >= 4 is 10.9 Å². The summed E-state index contributed by atoms with van der Waals surface area (Å²) in [5.41, 5.74) is 0.819. The summed E-state index contributed by atoms with van der Waals surface area (Å²) < 4.78 is 21.4. The van der Waals surface area contributed by atoms with Gasteiger partial charge in [0, 0.05) is 11.6 Å². The molecule has 0 saturated heterocycles. The molecule has 2 rings (SSSR count). The minimum atomic E-state index is -0.274. The molecule has 0 spiro atoms. The number of benzene rings is 1. The summed E-state index contributed by atoms with van der Waals surface area (Å²) >= 11 is 0. The molecule has 0 N–H and O–H groups in total. The summed E-state index contributed by atoms with van der Waals surface area (Å²) in [4.78, 5) is 0. The first kappa shape index (κ1) is 14.5. The third kappa shape index (κ3) is 3.17. The van der Waals surface area contributed by atoms with E-state index in [2.05, 4.69) is 25.7 Å². The second kappa shape index (κ2) is 7.06. The van der Waals surface area contributed by atoms with E-state index in [1.165, 1.54) is 6.07 Å². The van der Waals surface area contributed by atoms with Gasteiger partial charge in [-0.15, -0.1) is 0 Å². The number of nitrogens with zero attached hydrogens (tertiary/aromatic N) is 1. The Morgan fingerprint density at radius 3 is 2.95 bits per heavy atom. The summed E-state index contributed by atoms with van der Waals surface area (Å²) in [6.45, 7) is 6.52. The van der Waals surface area contributed by atoms with Crippen LogP contribution in [0.3, 0.4) is 0 Å². The van der Waals surface area contributed by atoms with E-state index in [-0.39, 0.29) is 12.0 Å². The van der Waals surface area contributed by atoms with Crippen molar-refractivity contribution in [1.29, 1.82) is 0 Å². The van der Waals surface area contributed by atoms with Crippen molar-refractivity contribution in [1.82, 2.24) is 4.57 Å². The maximum absolute atomic E-state index is 13.7. The molecule has 2 nitrogen and oxygen atoms in total. The smallest absolute Gasteiger partial charge is 0.152 e. The van der Waals surface area contributed by atoms with Crippen LogP contribution in [0, 0.1) is 5.82 Å². The van der Waals surface area contributed by atoms with Crippen LogP contribution < -0.4 is 0 Å². The Labute approximate surface area is 119 Å². The van der Waals surface area contributed by atoms with Crippen LogP contribution in [0.25, 0.3) is 10.9 Å². The maximum Gasteiger partial charge on any atom is 0.152 e. The summed E-state index contributed by atoms with van der Waals surface area (Å²) in [5, 5.41) is 0.605. The highest BCUT2D eigenvalue weighted by atomic mass is 19.1. The van der Waals surface area contributed by atoms with E-state index in [9.17, 15) is 4.39 Å². The molecular weight excluding hydrogens is 253 g/mol. The zero-order valence-electron chi connectivity index (χ0n) is 11.8. The van der Waals surface area contributed by atoms with Crippen LogP contribution >= 0.6 is 0 Å². The maximum atomic E-state index is 13.7. The monoisotopic (exact) mass is 273 g/mol. The van der Waals surface area contributed by atoms with Crippen LogP contribution in [0.1, 0.15) is 26.0 Å². The van der Waals surface area contributed by atoms with Crippen molar-refractivity contribution in [2.75, 3.05) is 6.61 Å². The average Bonchev–Trinajstić information content (AvgIpc) is 2.88. The van der Waals surface area contributed by atoms with Crippen LogP contribution in [0.15, 0.2) is 55.3 Å². The van der Waals surface area contributed by atoms with E-state index >= 15 is 0 Å². The van der Waals surface area contributed by atoms with E-state index in [1.54, 1.807) is 18.2 Å². The van der Waals surface area contributed by atoms with Crippen molar-refractivity contribution in [2.45, 2.75) is 26.0 Å². The van der Waals surface area contributed by atoms with Gasteiger partial charge in [-0.05, 0) is 37.1 Å². The summed E-state index contributed by atoms with van der Waals surface area (Å²) in [7, 11) is 0. The van der Waals surface area contributed by atoms with Crippen molar-refractivity contribution in [2.24, 2.45) is 0 Å². The normalized spacial score (nSPS) is 13.1. The molecule has 0 aliphatic heterocycles. The van der Waals surface area contributed by atoms with Crippen molar-refractivity contribution < 1.29 is 9.13 Å². The van der Waals surface area contributed by atoms with Gasteiger partial charge in [-0.3, -0.25) is 0 Å². The molecule has 20 heavy (non-hydrogen) atoms.